The van der Waals surface area contributed by atoms with Crippen LogP contribution < -0.4 is 0 Å². The van der Waals surface area contributed by atoms with Crippen LogP contribution in [-0.2, 0) is 0 Å². The fraction of sp³-hybridized carbons (Fsp3) is 1.00. The van der Waals surface area contributed by atoms with Crippen molar-refractivity contribution in [1.82, 2.24) is 0 Å². The van der Waals surface area contributed by atoms with Crippen molar-refractivity contribution in [3.05, 3.63) is 0 Å². The molecule has 0 radical (unpaired) electrons. The molecule has 0 aromatic rings. The summed E-state index contributed by atoms with van der Waals surface area (Å²) in [7, 11) is 0. The predicted molar refractivity (Wildman–Crippen MR) is 48.2 cm³/mol. The van der Waals surface area contributed by atoms with Crippen molar-refractivity contribution in [1.29, 1.82) is 0 Å². The highest BCUT2D eigenvalue weighted by Crippen LogP contribution is 2.49. The molecule has 0 aliphatic carbocycles. The van der Waals surface area contributed by atoms with Crippen LogP contribution in [-0.4, -0.2) is 23.4 Å². The summed E-state index contributed by atoms with van der Waals surface area (Å²) in [4.78, 5) is 0. The highest BCUT2D eigenvalue weighted by Gasteiger charge is 2.71. The molecule has 0 spiro atoms. The summed E-state index contributed by atoms with van der Waals surface area (Å²) in [5.41, 5.74) is -5.09. The molecule has 0 atom stereocenters. The lowest BCUT2D eigenvalue weighted by atomic mass is 9.97. The second-order valence-electron chi connectivity index (χ2n) is 3.30. The number of hydrogen-bond donors (Lipinski definition) is 0. The Kier molecular flexibility index (Phi) is 5.55. The minimum atomic E-state index is -5.92. The Bertz CT molecular complexity index is 193. The quantitative estimate of drug-likeness (QED) is 0.389. The van der Waals surface area contributed by atoms with Gasteiger partial charge in [-0.2, -0.15) is 26.3 Å². The van der Waals surface area contributed by atoms with Crippen molar-refractivity contribution in [2.24, 2.45) is 0 Å². The number of halogens is 8. The molecule has 0 aromatic carbocycles. The van der Waals surface area contributed by atoms with Gasteiger partial charge in [-0.1, -0.05) is 22.4 Å². The molecule has 0 heterocycles. The molecule has 0 unspecified atom stereocenters. The number of alkyl halides is 8. The minimum Gasteiger partial charge on any atom is -0.224 e. The first-order valence-electron chi connectivity index (χ1n) is 4.44. The summed E-state index contributed by atoms with van der Waals surface area (Å²) < 4.78 is 85.0. The first-order valence-corrected chi connectivity index (χ1v) is 5.57. The van der Waals surface area contributed by atoms with E-state index in [9.17, 15) is 30.7 Å². The molecule has 0 aromatic heterocycles. The number of hydrogen-bond acceptors (Lipinski definition) is 0. The molecule has 0 saturated heterocycles. The highest BCUT2D eigenvalue weighted by molar-refractivity contribution is 9.09. The normalized spacial score (nSPS) is 14.2. The molecule has 0 nitrogen and oxygen atoms in total. The monoisotopic (exact) mass is 318 g/mol. The van der Waals surface area contributed by atoms with Crippen LogP contribution in [0.3, 0.4) is 0 Å². The van der Waals surface area contributed by atoms with Crippen LogP contribution in [0.25, 0.3) is 0 Å². The van der Waals surface area contributed by atoms with E-state index in [4.69, 9.17) is 0 Å². The van der Waals surface area contributed by atoms with Gasteiger partial charge < -0.3 is 0 Å². The molecule has 16 heavy (non-hydrogen) atoms. The van der Waals surface area contributed by atoms with Gasteiger partial charge in [0.25, 0.3) is 5.67 Å². The third-order valence-electron chi connectivity index (χ3n) is 2.05. The summed E-state index contributed by atoms with van der Waals surface area (Å²) in [6.07, 6.45) is -13.3. The van der Waals surface area contributed by atoms with Crippen LogP contribution in [0.1, 0.15) is 25.7 Å². The Hall–Kier alpha value is -0.0100. The van der Waals surface area contributed by atoms with E-state index in [2.05, 4.69) is 15.9 Å². The van der Waals surface area contributed by atoms with Crippen molar-refractivity contribution >= 4 is 15.9 Å². The van der Waals surface area contributed by atoms with Crippen LogP contribution in [0.2, 0.25) is 0 Å². The summed E-state index contributed by atoms with van der Waals surface area (Å²) in [5.74, 6) is 0. The maximum absolute atomic E-state index is 13.0. The molecule has 0 aliphatic heterocycles. The molecule has 0 saturated carbocycles. The maximum Gasteiger partial charge on any atom is 0.431 e. The van der Waals surface area contributed by atoms with Gasteiger partial charge >= 0.3 is 12.4 Å². The van der Waals surface area contributed by atoms with Gasteiger partial charge in [0.05, 0.1) is 0 Å². The summed E-state index contributed by atoms with van der Waals surface area (Å²) in [6, 6.07) is 0. The van der Waals surface area contributed by atoms with Gasteiger partial charge in [-0.25, -0.2) is 4.39 Å². The molecular weight excluding hydrogens is 309 g/mol. The van der Waals surface area contributed by atoms with Crippen molar-refractivity contribution in [2.45, 2.75) is 43.7 Å². The molecule has 0 rings (SSSR count). The van der Waals surface area contributed by atoms with Crippen molar-refractivity contribution < 1.29 is 30.7 Å². The smallest absolute Gasteiger partial charge is 0.224 e. The number of unbranched alkanes of at least 4 members (excludes halogenated alkanes) is 2. The Morgan fingerprint density at radius 3 is 1.44 bits per heavy atom. The lowest BCUT2D eigenvalue weighted by Gasteiger charge is -2.29. The third kappa shape index (κ3) is 3.78. The SMILES string of the molecule is FC(F)(F)C(F)(CCCCCBr)C(F)(F)F. The lowest BCUT2D eigenvalue weighted by Crippen LogP contribution is -2.53. The zero-order valence-corrected chi connectivity index (χ0v) is 9.65. The van der Waals surface area contributed by atoms with Crippen LogP contribution in [0.15, 0.2) is 0 Å². The maximum atomic E-state index is 13.0. The van der Waals surface area contributed by atoms with Gasteiger partial charge in [0.15, 0.2) is 0 Å². The topological polar surface area (TPSA) is 0 Å². The van der Waals surface area contributed by atoms with E-state index in [0.717, 1.165) is 0 Å². The third-order valence-corrected chi connectivity index (χ3v) is 2.61. The van der Waals surface area contributed by atoms with E-state index >= 15 is 0 Å². The molecule has 0 bridgehead atoms. The molecule has 0 N–H and O–H groups in total. The van der Waals surface area contributed by atoms with Gasteiger partial charge in [0, 0.05) is 5.33 Å². The van der Waals surface area contributed by atoms with E-state index in [1.165, 1.54) is 0 Å². The van der Waals surface area contributed by atoms with Crippen LogP contribution in [0, 0.1) is 0 Å². The molecule has 98 valence electrons. The average Bonchev–Trinajstić information content (AvgIpc) is 2.08. The zero-order valence-electron chi connectivity index (χ0n) is 8.06. The van der Waals surface area contributed by atoms with Gasteiger partial charge in [-0.15, -0.1) is 0 Å². The predicted octanol–water partition coefficient (Wildman–Crippen LogP) is 4.77. The first-order chi connectivity index (χ1) is 7.06. The van der Waals surface area contributed by atoms with E-state index in [-0.39, 0.29) is 6.42 Å². The summed E-state index contributed by atoms with van der Waals surface area (Å²) in [6.45, 7) is 0. The van der Waals surface area contributed by atoms with Crippen LogP contribution >= 0.6 is 15.9 Å². The average molecular weight is 319 g/mol. The summed E-state index contributed by atoms with van der Waals surface area (Å²) >= 11 is 2.97. The van der Waals surface area contributed by atoms with Gasteiger partial charge in [0.2, 0.25) is 0 Å². The zero-order chi connectivity index (χ0) is 13.0. The van der Waals surface area contributed by atoms with Crippen molar-refractivity contribution in [2.75, 3.05) is 5.33 Å². The second-order valence-corrected chi connectivity index (χ2v) is 4.09. The Morgan fingerprint density at radius 1 is 0.688 bits per heavy atom. The molecule has 0 amide bonds. The Morgan fingerprint density at radius 2 is 1.12 bits per heavy atom. The molecular formula is C8H10BrF7. The lowest BCUT2D eigenvalue weighted by molar-refractivity contribution is -0.343. The van der Waals surface area contributed by atoms with Gasteiger partial charge in [-0.3, -0.25) is 0 Å². The largest absolute Gasteiger partial charge is 0.431 e. The van der Waals surface area contributed by atoms with Crippen molar-refractivity contribution in [3.63, 3.8) is 0 Å². The molecule has 8 heteroatoms. The van der Waals surface area contributed by atoms with E-state index in [1.807, 2.05) is 0 Å². The Labute approximate surface area is 96.3 Å². The van der Waals surface area contributed by atoms with E-state index < -0.39 is 30.9 Å². The van der Waals surface area contributed by atoms with E-state index in [0.29, 0.717) is 11.8 Å². The minimum absolute atomic E-state index is 0.114. The van der Waals surface area contributed by atoms with Crippen LogP contribution in [0.5, 0.6) is 0 Å². The molecule has 0 fully saturated rings. The van der Waals surface area contributed by atoms with E-state index in [1.54, 1.807) is 0 Å². The number of rotatable bonds is 5. The van der Waals surface area contributed by atoms with Crippen molar-refractivity contribution in [3.8, 4) is 0 Å². The fourth-order valence-electron chi connectivity index (χ4n) is 1.08. The first kappa shape index (κ1) is 16.0. The van der Waals surface area contributed by atoms with Crippen LogP contribution in [0.4, 0.5) is 30.7 Å². The van der Waals surface area contributed by atoms with Gasteiger partial charge in [0.1, 0.15) is 0 Å². The molecule has 0 aliphatic rings. The second kappa shape index (κ2) is 5.55. The standard InChI is InChI=1S/C8H10BrF7/c9-5-3-1-2-4-6(10,7(11,12)13)8(14,15)16/h1-5H2. The Balaban J connectivity index is 4.59. The highest BCUT2D eigenvalue weighted by atomic mass is 79.9. The summed E-state index contributed by atoms with van der Waals surface area (Å²) in [5, 5.41) is 0.463. The van der Waals surface area contributed by atoms with Gasteiger partial charge in [-0.05, 0) is 19.3 Å². The fourth-order valence-corrected chi connectivity index (χ4v) is 1.48.